The third-order valence-electron chi connectivity index (χ3n) is 3.66. The molecule has 2 rings (SSSR count). The average Bonchev–Trinajstić information content (AvgIpc) is 2.50. The van der Waals surface area contributed by atoms with E-state index in [9.17, 15) is 4.39 Å². The Hall–Kier alpha value is -1.38. The molecule has 2 aromatic carbocycles. The van der Waals surface area contributed by atoms with Gasteiger partial charge in [0.15, 0.2) is 0 Å². The van der Waals surface area contributed by atoms with Gasteiger partial charge in [-0.2, -0.15) is 0 Å². The molecule has 2 aromatic rings. The molecule has 0 bridgehead atoms. The Morgan fingerprint density at radius 1 is 1.05 bits per heavy atom. The molecule has 0 spiro atoms. The van der Waals surface area contributed by atoms with Crippen LogP contribution < -0.4 is 5.32 Å². The smallest absolute Gasteiger partial charge is 0.141 e. The van der Waals surface area contributed by atoms with Gasteiger partial charge in [-0.05, 0) is 48.2 Å². The predicted octanol–water partition coefficient (Wildman–Crippen LogP) is 4.93. The van der Waals surface area contributed by atoms with Crippen molar-refractivity contribution in [3.8, 4) is 0 Å². The molecule has 1 N–H and O–H groups in total. The lowest BCUT2D eigenvalue weighted by Crippen LogP contribution is -2.23. The van der Waals surface area contributed by atoms with Crippen LogP contribution in [0.3, 0.4) is 0 Å². The molecular formula is C18H21ClFN. The first kappa shape index (κ1) is 16.0. The standard InChI is InChI=1S/C18H21ClFN/c1-3-13-5-8-15(9-6-13)18(21-4-2)12-14-7-10-17(20)16(19)11-14/h5-11,18,21H,3-4,12H2,1-2H3. The van der Waals surface area contributed by atoms with Crippen molar-refractivity contribution in [3.63, 3.8) is 0 Å². The molecular weight excluding hydrogens is 285 g/mol. The lowest BCUT2D eigenvalue weighted by atomic mass is 9.97. The van der Waals surface area contributed by atoms with Crippen molar-refractivity contribution < 1.29 is 4.39 Å². The van der Waals surface area contributed by atoms with Gasteiger partial charge in [-0.1, -0.05) is 55.8 Å². The molecule has 0 saturated heterocycles. The monoisotopic (exact) mass is 305 g/mol. The lowest BCUT2D eigenvalue weighted by Gasteiger charge is -2.19. The van der Waals surface area contributed by atoms with Crippen molar-refractivity contribution in [2.75, 3.05) is 6.54 Å². The molecule has 1 nitrogen and oxygen atoms in total. The molecule has 0 radical (unpaired) electrons. The summed E-state index contributed by atoms with van der Waals surface area (Å²) in [6, 6.07) is 13.8. The maximum absolute atomic E-state index is 13.2. The Morgan fingerprint density at radius 2 is 1.71 bits per heavy atom. The number of hydrogen-bond acceptors (Lipinski definition) is 1. The Balaban J connectivity index is 2.19. The summed E-state index contributed by atoms with van der Waals surface area (Å²) in [6.45, 7) is 5.12. The van der Waals surface area contributed by atoms with Gasteiger partial charge in [0.25, 0.3) is 0 Å². The van der Waals surface area contributed by atoms with Crippen molar-refractivity contribution in [1.29, 1.82) is 0 Å². The van der Waals surface area contributed by atoms with Crippen LogP contribution in [0.5, 0.6) is 0 Å². The normalized spacial score (nSPS) is 12.4. The predicted molar refractivity (Wildman–Crippen MR) is 87.4 cm³/mol. The van der Waals surface area contributed by atoms with E-state index in [2.05, 4.69) is 43.4 Å². The summed E-state index contributed by atoms with van der Waals surface area (Å²) < 4.78 is 13.2. The highest BCUT2D eigenvalue weighted by atomic mass is 35.5. The zero-order valence-corrected chi connectivity index (χ0v) is 13.3. The van der Waals surface area contributed by atoms with E-state index in [0.29, 0.717) is 0 Å². The first-order valence-corrected chi connectivity index (χ1v) is 7.78. The van der Waals surface area contributed by atoms with Gasteiger partial charge in [0.05, 0.1) is 5.02 Å². The summed E-state index contributed by atoms with van der Waals surface area (Å²) in [4.78, 5) is 0. The van der Waals surface area contributed by atoms with Gasteiger partial charge in [0.1, 0.15) is 5.82 Å². The van der Waals surface area contributed by atoms with E-state index in [-0.39, 0.29) is 16.9 Å². The fraction of sp³-hybridized carbons (Fsp3) is 0.333. The number of hydrogen-bond donors (Lipinski definition) is 1. The van der Waals surface area contributed by atoms with Crippen LogP contribution in [-0.4, -0.2) is 6.54 Å². The molecule has 112 valence electrons. The first-order valence-electron chi connectivity index (χ1n) is 7.40. The van der Waals surface area contributed by atoms with Gasteiger partial charge >= 0.3 is 0 Å². The second-order valence-electron chi connectivity index (χ2n) is 5.16. The quantitative estimate of drug-likeness (QED) is 0.797. The molecule has 1 atom stereocenters. The van der Waals surface area contributed by atoms with Crippen LogP contribution in [0.2, 0.25) is 5.02 Å². The first-order chi connectivity index (χ1) is 10.1. The molecule has 3 heteroatoms. The third-order valence-corrected chi connectivity index (χ3v) is 3.95. The van der Waals surface area contributed by atoms with Gasteiger partial charge < -0.3 is 5.32 Å². The summed E-state index contributed by atoms with van der Waals surface area (Å²) in [5, 5.41) is 3.67. The SMILES string of the molecule is CCNC(Cc1ccc(F)c(Cl)c1)c1ccc(CC)cc1. The Bertz CT molecular complexity index is 580. The second kappa shape index (κ2) is 7.58. The zero-order chi connectivity index (χ0) is 15.2. The highest BCUT2D eigenvalue weighted by molar-refractivity contribution is 6.30. The number of likely N-dealkylation sites (N-methyl/N-ethyl adjacent to an activating group) is 1. The minimum Gasteiger partial charge on any atom is -0.310 e. The van der Waals surface area contributed by atoms with E-state index in [1.54, 1.807) is 12.1 Å². The average molecular weight is 306 g/mol. The fourth-order valence-corrected chi connectivity index (χ4v) is 2.65. The molecule has 0 aliphatic rings. The van der Waals surface area contributed by atoms with Crippen molar-refractivity contribution >= 4 is 11.6 Å². The minimum atomic E-state index is -0.368. The molecule has 1 unspecified atom stereocenters. The molecule has 0 saturated carbocycles. The molecule has 0 amide bonds. The van der Waals surface area contributed by atoms with Crippen molar-refractivity contribution in [2.24, 2.45) is 0 Å². The second-order valence-corrected chi connectivity index (χ2v) is 5.57. The molecule has 0 aliphatic carbocycles. The van der Waals surface area contributed by atoms with Gasteiger partial charge in [0.2, 0.25) is 0 Å². The maximum atomic E-state index is 13.2. The molecule has 0 aliphatic heterocycles. The van der Waals surface area contributed by atoms with Crippen molar-refractivity contribution in [1.82, 2.24) is 5.32 Å². The van der Waals surface area contributed by atoms with E-state index in [4.69, 9.17) is 11.6 Å². The third kappa shape index (κ3) is 4.29. The summed E-state index contributed by atoms with van der Waals surface area (Å²) in [5.74, 6) is -0.368. The number of halogens is 2. The van der Waals surface area contributed by atoms with Crippen molar-refractivity contribution in [2.45, 2.75) is 32.7 Å². The van der Waals surface area contributed by atoms with E-state index in [1.807, 2.05) is 0 Å². The number of benzene rings is 2. The largest absolute Gasteiger partial charge is 0.310 e. The van der Waals surface area contributed by atoms with Crippen LogP contribution in [0.25, 0.3) is 0 Å². The number of aryl methyl sites for hydroxylation is 1. The van der Waals surface area contributed by atoms with Crippen LogP contribution >= 0.6 is 11.6 Å². The minimum absolute atomic E-state index is 0.184. The molecule has 21 heavy (non-hydrogen) atoms. The molecule has 0 aromatic heterocycles. The topological polar surface area (TPSA) is 12.0 Å². The Kier molecular flexibility index (Phi) is 5.77. The van der Waals surface area contributed by atoms with E-state index >= 15 is 0 Å². The summed E-state index contributed by atoms with van der Waals surface area (Å²) >= 11 is 5.86. The van der Waals surface area contributed by atoms with Crippen LogP contribution in [0.1, 0.15) is 36.6 Å². The maximum Gasteiger partial charge on any atom is 0.141 e. The Labute approximate surface area is 131 Å². The van der Waals surface area contributed by atoms with E-state index < -0.39 is 0 Å². The van der Waals surface area contributed by atoms with Crippen molar-refractivity contribution in [3.05, 3.63) is 70.0 Å². The van der Waals surface area contributed by atoms with Crippen LogP contribution in [0, 0.1) is 5.82 Å². The van der Waals surface area contributed by atoms with Gasteiger partial charge in [0, 0.05) is 6.04 Å². The van der Waals surface area contributed by atoms with Gasteiger partial charge in [-0.15, -0.1) is 0 Å². The van der Waals surface area contributed by atoms with Crippen LogP contribution in [0.4, 0.5) is 4.39 Å². The zero-order valence-electron chi connectivity index (χ0n) is 12.5. The van der Waals surface area contributed by atoms with Crippen LogP contribution in [0.15, 0.2) is 42.5 Å². The molecule has 0 fully saturated rings. The fourth-order valence-electron chi connectivity index (χ4n) is 2.44. The number of rotatable bonds is 6. The Morgan fingerprint density at radius 3 is 2.29 bits per heavy atom. The van der Waals surface area contributed by atoms with Gasteiger partial charge in [-0.3, -0.25) is 0 Å². The number of nitrogens with one attached hydrogen (secondary N) is 1. The van der Waals surface area contributed by atoms with Crippen LogP contribution in [-0.2, 0) is 12.8 Å². The van der Waals surface area contributed by atoms with Gasteiger partial charge in [-0.25, -0.2) is 4.39 Å². The summed E-state index contributed by atoms with van der Waals surface area (Å²) in [7, 11) is 0. The van der Waals surface area contributed by atoms with E-state index in [1.165, 1.54) is 17.2 Å². The summed E-state index contributed by atoms with van der Waals surface area (Å²) in [6.07, 6.45) is 1.83. The highest BCUT2D eigenvalue weighted by Gasteiger charge is 2.12. The lowest BCUT2D eigenvalue weighted by molar-refractivity contribution is 0.548. The highest BCUT2D eigenvalue weighted by Crippen LogP contribution is 2.22. The molecule has 0 heterocycles. The summed E-state index contributed by atoms with van der Waals surface area (Å²) in [5.41, 5.74) is 3.61. The van der Waals surface area contributed by atoms with E-state index in [0.717, 1.165) is 24.9 Å².